The SMILES string of the molecule is CCc1cnc(C(=O)OC)c(C(=O)OC)c1.CN(C)C.COC(=O)C1=CC(CBr)=CNC1C(=O)OC. The summed E-state index contributed by atoms with van der Waals surface area (Å²) in [6, 6.07) is 0.783. The van der Waals surface area contributed by atoms with Crippen LogP contribution in [0.3, 0.4) is 0 Å². The molecular weight excluding hydrogens is 538 g/mol. The van der Waals surface area contributed by atoms with E-state index in [1.807, 2.05) is 33.0 Å². The zero-order valence-corrected chi connectivity index (χ0v) is 23.4. The van der Waals surface area contributed by atoms with Crippen LogP contribution in [-0.2, 0) is 35.0 Å². The van der Waals surface area contributed by atoms with Crippen molar-refractivity contribution in [2.75, 3.05) is 54.9 Å². The third kappa shape index (κ3) is 10.6. The number of methoxy groups -OCH3 is 4. The molecule has 1 aromatic heterocycles. The number of allylic oxidation sites excluding steroid dienone is 2. The van der Waals surface area contributed by atoms with E-state index in [1.54, 1.807) is 24.5 Å². The molecule has 0 fully saturated rings. The number of carbonyl (C=O) groups is 4. The molecule has 1 unspecified atom stereocenters. The first-order chi connectivity index (χ1) is 17.0. The van der Waals surface area contributed by atoms with Crippen LogP contribution in [0, 0.1) is 0 Å². The second-order valence-corrected chi connectivity index (χ2v) is 8.05. The van der Waals surface area contributed by atoms with Gasteiger partial charge in [-0.25, -0.2) is 24.2 Å². The number of dihydropyridines is 1. The molecule has 0 aromatic carbocycles. The third-order valence-corrected chi connectivity index (χ3v) is 4.88. The molecular formula is C24H34BrN3O8. The highest BCUT2D eigenvalue weighted by atomic mass is 79.9. The van der Waals surface area contributed by atoms with Crippen LogP contribution in [0.15, 0.2) is 35.7 Å². The van der Waals surface area contributed by atoms with Crippen LogP contribution in [0.5, 0.6) is 0 Å². The van der Waals surface area contributed by atoms with Crippen LogP contribution >= 0.6 is 15.9 Å². The minimum atomic E-state index is -0.805. The molecule has 200 valence electrons. The van der Waals surface area contributed by atoms with Gasteiger partial charge in [0, 0.05) is 17.7 Å². The number of aromatic nitrogens is 1. The lowest BCUT2D eigenvalue weighted by Gasteiger charge is -2.21. The van der Waals surface area contributed by atoms with Crippen molar-refractivity contribution in [2.45, 2.75) is 19.4 Å². The highest BCUT2D eigenvalue weighted by Gasteiger charge is 2.30. The Hall–Kier alpha value is -3.25. The molecule has 36 heavy (non-hydrogen) atoms. The molecule has 1 aromatic rings. The average molecular weight is 572 g/mol. The van der Waals surface area contributed by atoms with Gasteiger partial charge < -0.3 is 29.2 Å². The number of nitrogens with zero attached hydrogens (tertiary/aromatic N) is 2. The van der Waals surface area contributed by atoms with Crippen molar-refractivity contribution in [1.29, 1.82) is 0 Å². The van der Waals surface area contributed by atoms with E-state index >= 15 is 0 Å². The van der Waals surface area contributed by atoms with E-state index in [4.69, 9.17) is 0 Å². The first-order valence-corrected chi connectivity index (χ1v) is 11.8. The maximum Gasteiger partial charge on any atom is 0.357 e. The zero-order chi connectivity index (χ0) is 27.8. The van der Waals surface area contributed by atoms with E-state index < -0.39 is 29.9 Å². The van der Waals surface area contributed by atoms with Gasteiger partial charge in [0.2, 0.25) is 0 Å². The second kappa shape index (κ2) is 17.2. The van der Waals surface area contributed by atoms with E-state index in [0.717, 1.165) is 17.6 Å². The molecule has 1 atom stereocenters. The summed E-state index contributed by atoms with van der Waals surface area (Å²) in [6.45, 7) is 1.93. The first-order valence-electron chi connectivity index (χ1n) is 10.7. The van der Waals surface area contributed by atoms with Gasteiger partial charge in [0.05, 0.1) is 39.6 Å². The predicted molar refractivity (Wildman–Crippen MR) is 137 cm³/mol. The molecule has 1 aliphatic heterocycles. The van der Waals surface area contributed by atoms with Gasteiger partial charge >= 0.3 is 23.9 Å². The van der Waals surface area contributed by atoms with Gasteiger partial charge in [0.1, 0.15) is 0 Å². The maximum absolute atomic E-state index is 11.5. The highest BCUT2D eigenvalue weighted by molar-refractivity contribution is 9.09. The Balaban J connectivity index is 0.000000593. The number of rotatable bonds is 6. The molecule has 0 aliphatic carbocycles. The molecule has 0 saturated heterocycles. The van der Waals surface area contributed by atoms with Crippen molar-refractivity contribution in [3.8, 4) is 0 Å². The lowest BCUT2D eigenvalue weighted by Crippen LogP contribution is -2.41. The molecule has 1 N–H and O–H groups in total. The summed E-state index contributed by atoms with van der Waals surface area (Å²) in [6.07, 6.45) is 5.53. The monoisotopic (exact) mass is 571 g/mol. The van der Waals surface area contributed by atoms with Crippen LogP contribution in [0.2, 0.25) is 0 Å². The fourth-order valence-electron chi connectivity index (χ4n) is 2.52. The second-order valence-electron chi connectivity index (χ2n) is 7.49. The fraction of sp³-hybridized carbons (Fsp3) is 0.458. The van der Waals surface area contributed by atoms with E-state index in [0.29, 0.717) is 5.33 Å². The minimum absolute atomic E-state index is 0.0217. The summed E-state index contributed by atoms with van der Waals surface area (Å²) in [5.74, 6) is -2.32. The summed E-state index contributed by atoms with van der Waals surface area (Å²) < 4.78 is 18.3. The van der Waals surface area contributed by atoms with E-state index in [-0.39, 0.29) is 16.8 Å². The van der Waals surface area contributed by atoms with Gasteiger partial charge in [-0.2, -0.15) is 0 Å². The van der Waals surface area contributed by atoms with Crippen LogP contribution in [-0.4, -0.2) is 94.7 Å². The maximum atomic E-state index is 11.5. The summed E-state index contributed by atoms with van der Waals surface area (Å²) in [7, 11) is 11.0. The van der Waals surface area contributed by atoms with Crippen molar-refractivity contribution >= 4 is 39.8 Å². The van der Waals surface area contributed by atoms with Gasteiger partial charge in [-0.3, -0.25) is 0 Å². The Bertz CT molecular complexity index is 973. The van der Waals surface area contributed by atoms with Gasteiger partial charge in [0.15, 0.2) is 11.7 Å². The van der Waals surface area contributed by atoms with E-state index in [2.05, 4.69) is 45.2 Å². The Kier molecular flexibility index (Phi) is 15.7. The van der Waals surface area contributed by atoms with Crippen molar-refractivity contribution < 1.29 is 38.1 Å². The number of esters is 4. The quantitative estimate of drug-likeness (QED) is 0.305. The standard InChI is InChI=1S/C11H13NO4.C10H12BrNO4.C3H9N/c1-4-7-5-8(10(13)15-2)9(12-6-7)11(14)16-3;1-15-9(13)7-3-6(4-11)5-12-8(7)10(14)16-2;1-4(2)3/h5-6H,4H2,1-3H3;3,5,8,12H,4H2,1-2H3;1-3H3. The molecule has 11 nitrogen and oxygen atoms in total. The summed E-state index contributed by atoms with van der Waals surface area (Å²) >= 11 is 3.26. The van der Waals surface area contributed by atoms with Crippen LogP contribution < -0.4 is 5.32 Å². The third-order valence-electron chi connectivity index (χ3n) is 4.24. The Morgan fingerprint density at radius 3 is 1.97 bits per heavy atom. The van der Waals surface area contributed by atoms with Crippen molar-refractivity contribution in [3.05, 3.63) is 52.5 Å². The molecule has 0 bridgehead atoms. The summed E-state index contributed by atoms with van der Waals surface area (Å²) in [5, 5.41) is 3.38. The average Bonchev–Trinajstić information content (AvgIpc) is 2.90. The van der Waals surface area contributed by atoms with Crippen LogP contribution in [0.25, 0.3) is 0 Å². The zero-order valence-electron chi connectivity index (χ0n) is 21.8. The van der Waals surface area contributed by atoms with Gasteiger partial charge in [-0.1, -0.05) is 22.9 Å². The Morgan fingerprint density at radius 2 is 1.53 bits per heavy atom. The van der Waals surface area contributed by atoms with Gasteiger partial charge in [-0.15, -0.1) is 0 Å². The first kappa shape index (κ1) is 32.8. The highest BCUT2D eigenvalue weighted by Crippen LogP contribution is 2.17. The van der Waals surface area contributed by atoms with E-state index in [9.17, 15) is 19.2 Å². The number of hydrogen-bond donors (Lipinski definition) is 1. The van der Waals surface area contributed by atoms with Crippen LogP contribution in [0.4, 0.5) is 0 Å². The predicted octanol–water partition coefficient (Wildman–Crippen LogP) is 1.90. The number of hydrogen-bond acceptors (Lipinski definition) is 11. The Morgan fingerprint density at radius 1 is 0.972 bits per heavy atom. The molecule has 1 aliphatic rings. The number of alkyl halides is 1. The summed E-state index contributed by atoms with van der Waals surface area (Å²) in [4.78, 5) is 51.6. The minimum Gasteiger partial charge on any atom is -0.467 e. The topological polar surface area (TPSA) is 133 Å². The largest absolute Gasteiger partial charge is 0.467 e. The number of nitrogens with one attached hydrogen (secondary N) is 1. The van der Waals surface area contributed by atoms with E-state index in [1.165, 1.54) is 28.4 Å². The fourth-order valence-corrected chi connectivity index (χ4v) is 2.84. The number of carbonyl (C=O) groups excluding carboxylic acids is 4. The molecule has 2 rings (SSSR count). The normalized spacial score (nSPS) is 13.8. The molecule has 12 heteroatoms. The lowest BCUT2D eigenvalue weighted by atomic mass is 10.0. The van der Waals surface area contributed by atoms with Crippen molar-refractivity contribution in [3.63, 3.8) is 0 Å². The number of aryl methyl sites for hydroxylation is 1. The van der Waals surface area contributed by atoms with Gasteiger partial charge in [0.25, 0.3) is 0 Å². The smallest absolute Gasteiger partial charge is 0.357 e. The molecule has 0 spiro atoms. The summed E-state index contributed by atoms with van der Waals surface area (Å²) in [5.41, 5.74) is 2.06. The molecule has 2 heterocycles. The Labute approximate surface area is 219 Å². The van der Waals surface area contributed by atoms with Crippen molar-refractivity contribution in [2.24, 2.45) is 0 Å². The number of pyridine rings is 1. The molecule has 0 radical (unpaired) electrons. The molecule has 0 amide bonds. The van der Waals surface area contributed by atoms with Crippen LogP contribution in [0.1, 0.15) is 33.3 Å². The molecule has 0 saturated carbocycles. The van der Waals surface area contributed by atoms with Crippen molar-refractivity contribution in [1.82, 2.24) is 15.2 Å². The van der Waals surface area contributed by atoms with Gasteiger partial charge in [-0.05, 0) is 50.8 Å². The number of ether oxygens (including phenoxy) is 4. The lowest BCUT2D eigenvalue weighted by molar-refractivity contribution is -0.145. The number of halogens is 1.